The van der Waals surface area contributed by atoms with E-state index in [-0.39, 0.29) is 5.56 Å². The summed E-state index contributed by atoms with van der Waals surface area (Å²) in [6.07, 6.45) is 3.96. The van der Waals surface area contributed by atoms with Crippen LogP contribution in [0.1, 0.15) is 15.9 Å². The van der Waals surface area contributed by atoms with Gasteiger partial charge in [-0.25, -0.2) is 4.39 Å². The molecule has 0 amide bonds. The van der Waals surface area contributed by atoms with Gasteiger partial charge in [0.05, 0.1) is 11.3 Å². The Labute approximate surface area is 105 Å². The zero-order valence-electron chi connectivity index (χ0n) is 10.0. The average Bonchev–Trinajstić information content (AvgIpc) is 2.39. The molecule has 1 heterocycles. The fraction of sp³-hybridized carbons (Fsp3) is 0.143. The Balaban J connectivity index is 2.26. The summed E-state index contributed by atoms with van der Waals surface area (Å²) in [7, 11) is 1.82. The Bertz CT molecular complexity index is 543. The molecule has 3 nitrogen and oxygen atoms in total. The third-order valence-electron chi connectivity index (χ3n) is 2.73. The second kappa shape index (κ2) is 5.40. The highest BCUT2D eigenvalue weighted by atomic mass is 19.1. The van der Waals surface area contributed by atoms with Gasteiger partial charge in [-0.3, -0.25) is 9.78 Å². The molecule has 0 fully saturated rings. The quantitative estimate of drug-likeness (QED) is 0.775. The van der Waals surface area contributed by atoms with Crippen LogP contribution in [0.25, 0.3) is 0 Å². The lowest BCUT2D eigenvalue weighted by Crippen LogP contribution is -2.18. The van der Waals surface area contributed by atoms with Crippen LogP contribution in [-0.4, -0.2) is 18.3 Å². The lowest BCUT2D eigenvalue weighted by molar-refractivity contribution is 0.112. The van der Waals surface area contributed by atoms with Crippen molar-refractivity contribution >= 4 is 12.0 Å². The minimum absolute atomic E-state index is 0.0917. The smallest absolute Gasteiger partial charge is 0.155 e. The SMILES string of the molecule is CN(Cc1ccncc1)c1cccc(F)c1C=O. The first-order valence-corrected chi connectivity index (χ1v) is 5.56. The van der Waals surface area contributed by atoms with Gasteiger partial charge in [0.2, 0.25) is 0 Å². The molecule has 18 heavy (non-hydrogen) atoms. The summed E-state index contributed by atoms with van der Waals surface area (Å²) in [5.74, 6) is -0.496. The molecular formula is C14H13FN2O. The summed E-state index contributed by atoms with van der Waals surface area (Å²) in [6.45, 7) is 0.590. The molecule has 0 aliphatic heterocycles. The molecule has 0 saturated carbocycles. The van der Waals surface area contributed by atoms with Gasteiger partial charge in [0.1, 0.15) is 5.82 Å². The van der Waals surface area contributed by atoms with Crippen LogP contribution in [0.15, 0.2) is 42.7 Å². The van der Waals surface area contributed by atoms with Crippen molar-refractivity contribution in [3.05, 3.63) is 59.7 Å². The van der Waals surface area contributed by atoms with E-state index in [1.807, 2.05) is 24.1 Å². The number of pyridine rings is 1. The summed E-state index contributed by atoms with van der Waals surface area (Å²) >= 11 is 0. The number of halogens is 1. The first-order chi connectivity index (χ1) is 8.72. The maximum absolute atomic E-state index is 13.5. The zero-order chi connectivity index (χ0) is 13.0. The van der Waals surface area contributed by atoms with Crippen molar-refractivity contribution in [1.29, 1.82) is 0 Å². The van der Waals surface area contributed by atoms with Crippen LogP contribution in [0.5, 0.6) is 0 Å². The van der Waals surface area contributed by atoms with E-state index in [4.69, 9.17) is 0 Å². The Hall–Kier alpha value is -2.23. The Kier molecular flexibility index (Phi) is 3.67. The lowest BCUT2D eigenvalue weighted by atomic mass is 10.1. The highest BCUT2D eigenvalue weighted by Gasteiger charge is 2.11. The van der Waals surface area contributed by atoms with Crippen molar-refractivity contribution in [2.45, 2.75) is 6.54 Å². The van der Waals surface area contributed by atoms with E-state index < -0.39 is 5.82 Å². The fourth-order valence-corrected chi connectivity index (χ4v) is 1.82. The van der Waals surface area contributed by atoms with Crippen LogP contribution < -0.4 is 4.90 Å². The van der Waals surface area contributed by atoms with Crippen LogP contribution in [0.2, 0.25) is 0 Å². The number of anilines is 1. The Morgan fingerprint density at radius 2 is 2.00 bits per heavy atom. The molecule has 1 aromatic carbocycles. The van der Waals surface area contributed by atoms with Crippen molar-refractivity contribution in [3.63, 3.8) is 0 Å². The number of nitrogens with zero attached hydrogens (tertiary/aromatic N) is 2. The van der Waals surface area contributed by atoms with Gasteiger partial charge in [-0.1, -0.05) is 6.07 Å². The molecule has 1 aromatic heterocycles. The zero-order valence-corrected chi connectivity index (χ0v) is 10.0. The van der Waals surface area contributed by atoms with Crippen molar-refractivity contribution in [3.8, 4) is 0 Å². The summed E-state index contributed by atoms with van der Waals surface area (Å²) in [6, 6.07) is 8.38. The van der Waals surface area contributed by atoms with Crippen molar-refractivity contribution in [2.75, 3.05) is 11.9 Å². The van der Waals surface area contributed by atoms with Crippen molar-refractivity contribution in [1.82, 2.24) is 4.98 Å². The number of aldehydes is 1. The minimum Gasteiger partial charge on any atom is -0.370 e. The van der Waals surface area contributed by atoms with Gasteiger partial charge in [0.25, 0.3) is 0 Å². The number of rotatable bonds is 4. The molecular weight excluding hydrogens is 231 g/mol. The molecule has 92 valence electrons. The highest BCUT2D eigenvalue weighted by Crippen LogP contribution is 2.21. The van der Waals surface area contributed by atoms with Gasteiger partial charge in [0.15, 0.2) is 6.29 Å². The van der Waals surface area contributed by atoms with E-state index in [1.165, 1.54) is 6.07 Å². The third kappa shape index (κ3) is 2.53. The minimum atomic E-state index is -0.496. The molecule has 0 radical (unpaired) electrons. The normalized spacial score (nSPS) is 10.1. The maximum atomic E-state index is 13.5. The van der Waals surface area contributed by atoms with Gasteiger partial charge in [-0.2, -0.15) is 0 Å². The second-order valence-electron chi connectivity index (χ2n) is 4.00. The van der Waals surface area contributed by atoms with Crippen molar-refractivity contribution < 1.29 is 9.18 Å². The number of aromatic nitrogens is 1. The number of benzene rings is 1. The van der Waals surface area contributed by atoms with Crippen LogP contribution >= 0.6 is 0 Å². The molecule has 0 N–H and O–H groups in total. The molecule has 2 aromatic rings. The van der Waals surface area contributed by atoms with Crippen LogP contribution in [-0.2, 0) is 6.54 Å². The first kappa shape index (κ1) is 12.2. The molecule has 0 aliphatic rings. The Morgan fingerprint density at radius 3 is 2.67 bits per heavy atom. The predicted molar refractivity (Wildman–Crippen MR) is 68.1 cm³/mol. The molecule has 0 atom stereocenters. The maximum Gasteiger partial charge on any atom is 0.155 e. The van der Waals surface area contributed by atoms with Crippen LogP contribution in [0, 0.1) is 5.82 Å². The van der Waals surface area contributed by atoms with Gasteiger partial charge in [-0.15, -0.1) is 0 Å². The molecule has 2 rings (SSSR count). The number of carbonyl (C=O) groups is 1. The third-order valence-corrected chi connectivity index (χ3v) is 2.73. The van der Waals surface area contributed by atoms with E-state index >= 15 is 0 Å². The number of hydrogen-bond donors (Lipinski definition) is 0. The number of hydrogen-bond acceptors (Lipinski definition) is 3. The number of carbonyl (C=O) groups excluding carboxylic acids is 1. The van der Waals surface area contributed by atoms with E-state index in [9.17, 15) is 9.18 Å². The van der Waals surface area contributed by atoms with E-state index in [0.29, 0.717) is 18.5 Å². The molecule has 0 bridgehead atoms. The van der Waals surface area contributed by atoms with E-state index in [1.54, 1.807) is 24.5 Å². The van der Waals surface area contributed by atoms with Crippen LogP contribution in [0.3, 0.4) is 0 Å². The summed E-state index contributed by atoms with van der Waals surface area (Å²) in [4.78, 5) is 16.7. The van der Waals surface area contributed by atoms with E-state index in [2.05, 4.69) is 4.98 Å². The first-order valence-electron chi connectivity index (χ1n) is 5.56. The fourth-order valence-electron chi connectivity index (χ4n) is 1.82. The van der Waals surface area contributed by atoms with Gasteiger partial charge < -0.3 is 4.90 Å². The molecule has 4 heteroatoms. The Morgan fingerprint density at radius 1 is 1.28 bits per heavy atom. The summed E-state index contributed by atoms with van der Waals surface area (Å²) in [5.41, 5.74) is 1.73. The van der Waals surface area contributed by atoms with Crippen molar-refractivity contribution in [2.24, 2.45) is 0 Å². The summed E-state index contributed by atoms with van der Waals surface area (Å²) < 4.78 is 13.5. The highest BCUT2D eigenvalue weighted by molar-refractivity contribution is 5.84. The monoisotopic (exact) mass is 244 g/mol. The van der Waals surface area contributed by atoms with Crippen LogP contribution in [0.4, 0.5) is 10.1 Å². The second-order valence-corrected chi connectivity index (χ2v) is 4.00. The van der Waals surface area contributed by atoms with E-state index in [0.717, 1.165) is 5.56 Å². The van der Waals surface area contributed by atoms with Gasteiger partial charge >= 0.3 is 0 Å². The average molecular weight is 244 g/mol. The summed E-state index contributed by atoms with van der Waals surface area (Å²) in [5, 5.41) is 0. The molecule has 0 aliphatic carbocycles. The predicted octanol–water partition coefficient (Wildman–Crippen LogP) is 2.67. The molecule has 0 spiro atoms. The standard InChI is InChI=1S/C14H13FN2O/c1-17(9-11-5-7-16-8-6-11)14-4-2-3-13(15)12(14)10-18/h2-8,10H,9H2,1H3. The molecule has 0 saturated heterocycles. The molecule has 0 unspecified atom stereocenters. The van der Waals surface area contributed by atoms with Gasteiger partial charge in [0, 0.05) is 26.0 Å². The lowest BCUT2D eigenvalue weighted by Gasteiger charge is -2.21. The van der Waals surface area contributed by atoms with Gasteiger partial charge in [-0.05, 0) is 29.8 Å². The topological polar surface area (TPSA) is 33.2 Å². The largest absolute Gasteiger partial charge is 0.370 e.